The molecule has 0 saturated heterocycles. The third kappa shape index (κ3) is 4.39. The second-order valence-electron chi connectivity index (χ2n) is 5.68. The fourth-order valence-electron chi connectivity index (χ4n) is 2.31. The number of hydrogen-bond donors (Lipinski definition) is 1. The Hall–Kier alpha value is -2.44. The van der Waals surface area contributed by atoms with Crippen molar-refractivity contribution < 1.29 is 13.9 Å². The minimum Gasteiger partial charge on any atom is -0.486 e. The maximum Gasteiger partial charge on any atom is 0.267 e. The van der Waals surface area contributed by atoms with Gasteiger partial charge in [-0.05, 0) is 55.8 Å². The zero-order valence-corrected chi connectivity index (χ0v) is 15.7. The quantitative estimate of drug-likeness (QED) is 0.636. The van der Waals surface area contributed by atoms with Gasteiger partial charge in [0.15, 0.2) is 0 Å². The van der Waals surface area contributed by atoms with Crippen LogP contribution in [0.3, 0.4) is 0 Å². The van der Waals surface area contributed by atoms with Crippen LogP contribution in [0, 0.1) is 19.7 Å². The van der Waals surface area contributed by atoms with Gasteiger partial charge in [-0.15, -0.1) is 11.3 Å². The van der Waals surface area contributed by atoms with Crippen molar-refractivity contribution >= 4 is 34.5 Å². The van der Waals surface area contributed by atoms with Gasteiger partial charge in [0.25, 0.3) is 5.91 Å². The topological polar surface area (TPSA) is 51.2 Å². The molecule has 4 nitrogen and oxygen atoms in total. The SMILES string of the molecule is Cc1ccc(Cl)cc1NC(=O)c1sc(COc2ccc(F)cc2)nc1C. The number of halogens is 2. The molecule has 0 aliphatic carbocycles. The van der Waals surface area contributed by atoms with Gasteiger partial charge in [-0.25, -0.2) is 9.37 Å². The molecule has 1 N–H and O–H groups in total. The lowest BCUT2D eigenvalue weighted by Gasteiger charge is -2.08. The van der Waals surface area contributed by atoms with E-state index in [2.05, 4.69) is 10.3 Å². The van der Waals surface area contributed by atoms with E-state index in [0.29, 0.717) is 32.0 Å². The summed E-state index contributed by atoms with van der Waals surface area (Å²) in [7, 11) is 0. The molecule has 0 bridgehead atoms. The smallest absolute Gasteiger partial charge is 0.267 e. The average molecular weight is 391 g/mol. The zero-order chi connectivity index (χ0) is 18.7. The monoisotopic (exact) mass is 390 g/mol. The molecule has 134 valence electrons. The van der Waals surface area contributed by atoms with Crippen molar-refractivity contribution in [2.45, 2.75) is 20.5 Å². The van der Waals surface area contributed by atoms with Gasteiger partial charge in [-0.3, -0.25) is 4.79 Å². The molecule has 1 heterocycles. The van der Waals surface area contributed by atoms with Crippen LogP contribution in [-0.4, -0.2) is 10.9 Å². The van der Waals surface area contributed by atoms with Crippen molar-refractivity contribution in [3.63, 3.8) is 0 Å². The number of thiazole rings is 1. The van der Waals surface area contributed by atoms with Crippen LogP contribution in [0.1, 0.15) is 25.9 Å². The van der Waals surface area contributed by atoms with E-state index in [9.17, 15) is 9.18 Å². The van der Waals surface area contributed by atoms with Crippen molar-refractivity contribution in [2.75, 3.05) is 5.32 Å². The fraction of sp³-hybridized carbons (Fsp3) is 0.158. The molecular weight excluding hydrogens is 375 g/mol. The summed E-state index contributed by atoms with van der Waals surface area (Å²) >= 11 is 7.25. The van der Waals surface area contributed by atoms with Gasteiger partial charge in [0, 0.05) is 10.7 Å². The third-order valence-corrected chi connectivity index (χ3v) is 5.04. The Morgan fingerprint density at radius 1 is 1.23 bits per heavy atom. The Morgan fingerprint density at radius 2 is 1.96 bits per heavy atom. The molecule has 0 spiro atoms. The number of carbonyl (C=O) groups excluding carboxylic acids is 1. The summed E-state index contributed by atoms with van der Waals surface area (Å²) in [6.07, 6.45) is 0. The molecular formula is C19H16ClFN2O2S. The Morgan fingerprint density at radius 3 is 2.69 bits per heavy atom. The van der Waals surface area contributed by atoms with E-state index >= 15 is 0 Å². The van der Waals surface area contributed by atoms with E-state index in [-0.39, 0.29) is 18.3 Å². The van der Waals surface area contributed by atoms with E-state index < -0.39 is 0 Å². The van der Waals surface area contributed by atoms with Gasteiger partial charge in [0.2, 0.25) is 0 Å². The van der Waals surface area contributed by atoms with Gasteiger partial charge < -0.3 is 10.1 Å². The molecule has 0 unspecified atom stereocenters. The minimum absolute atomic E-state index is 0.209. The van der Waals surface area contributed by atoms with Crippen LogP contribution in [0.25, 0.3) is 0 Å². The van der Waals surface area contributed by atoms with E-state index in [1.54, 1.807) is 31.2 Å². The number of rotatable bonds is 5. The Bertz CT molecular complexity index is 941. The number of amides is 1. The van der Waals surface area contributed by atoms with Crippen molar-refractivity contribution in [1.82, 2.24) is 4.98 Å². The van der Waals surface area contributed by atoms with Crippen LogP contribution >= 0.6 is 22.9 Å². The molecule has 0 radical (unpaired) electrons. The lowest BCUT2D eigenvalue weighted by molar-refractivity contribution is 0.102. The summed E-state index contributed by atoms with van der Waals surface area (Å²) in [6.45, 7) is 3.88. The van der Waals surface area contributed by atoms with Gasteiger partial charge >= 0.3 is 0 Å². The second-order valence-corrected chi connectivity index (χ2v) is 7.20. The summed E-state index contributed by atoms with van der Waals surface area (Å²) in [5.74, 6) is -0.0177. The minimum atomic E-state index is -0.322. The highest BCUT2D eigenvalue weighted by molar-refractivity contribution is 7.13. The highest BCUT2D eigenvalue weighted by Gasteiger charge is 2.16. The molecule has 1 amide bonds. The van der Waals surface area contributed by atoms with Crippen LogP contribution in [0.2, 0.25) is 5.02 Å². The zero-order valence-electron chi connectivity index (χ0n) is 14.2. The Kier molecular flexibility index (Phi) is 5.54. The highest BCUT2D eigenvalue weighted by Crippen LogP contribution is 2.24. The largest absolute Gasteiger partial charge is 0.486 e. The molecule has 0 atom stereocenters. The molecule has 0 saturated carbocycles. The summed E-state index contributed by atoms with van der Waals surface area (Å²) < 4.78 is 18.5. The van der Waals surface area contributed by atoms with E-state index in [1.165, 1.54) is 23.5 Å². The Balaban J connectivity index is 1.69. The van der Waals surface area contributed by atoms with Crippen LogP contribution in [0.15, 0.2) is 42.5 Å². The molecule has 3 aromatic rings. The standard InChI is InChI=1S/C19H16ClFN2O2S/c1-11-3-4-13(20)9-16(11)23-19(24)18-12(2)22-17(26-18)10-25-15-7-5-14(21)6-8-15/h3-9H,10H2,1-2H3,(H,23,24). The first-order valence-corrected chi connectivity index (χ1v) is 9.04. The number of aryl methyl sites for hydroxylation is 2. The molecule has 0 fully saturated rings. The first-order valence-electron chi connectivity index (χ1n) is 7.84. The van der Waals surface area contributed by atoms with E-state index in [1.807, 2.05) is 13.0 Å². The number of hydrogen-bond acceptors (Lipinski definition) is 4. The summed E-state index contributed by atoms with van der Waals surface area (Å²) in [5.41, 5.74) is 2.22. The first-order chi connectivity index (χ1) is 12.4. The van der Waals surface area contributed by atoms with Crippen molar-refractivity contribution in [3.05, 3.63) is 74.4 Å². The number of ether oxygens (including phenoxy) is 1. The van der Waals surface area contributed by atoms with Crippen molar-refractivity contribution in [2.24, 2.45) is 0 Å². The lowest BCUT2D eigenvalue weighted by atomic mass is 10.2. The number of aromatic nitrogens is 1. The van der Waals surface area contributed by atoms with E-state index in [0.717, 1.165) is 5.56 Å². The highest BCUT2D eigenvalue weighted by atomic mass is 35.5. The predicted octanol–water partition coefficient (Wildman–Crippen LogP) is 5.38. The molecule has 3 rings (SSSR count). The second kappa shape index (κ2) is 7.85. The summed E-state index contributed by atoms with van der Waals surface area (Å²) in [5, 5.41) is 4.09. The lowest BCUT2D eigenvalue weighted by Crippen LogP contribution is -2.12. The Labute approximate surface area is 159 Å². The number of anilines is 1. The average Bonchev–Trinajstić information content (AvgIpc) is 2.98. The number of nitrogens with one attached hydrogen (secondary N) is 1. The molecule has 0 aliphatic rings. The number of nitrogens with zero attached hydrogens (tertiary/aromatic N) is 1. The first kappa shape index (κ1) is 18.4. The summed E-state index contributed by atoms with van der Waals surface area (Å²) in [4.78, 5) is 17.5. The van der Waals surface area contributed by atoms with Gasteiger partial charge in [-0.1, -0.05) is 17.7 Å². The summed E-state index contributed by atoms with van der Waals surface area (Å²) in [6, 6.07) is 11.1. The van der Waals surface area contributed by atoms with Crippen molar-refractivity contribution in [3.8, 4) is 5.75 Å². The van der Waals surface area contributed by atoms with Gasteiger partial charge in [0.1, 0.15) is 28.1 Å². The van der Waals surface area contributed by atoms with Crippen LogP contribution in [0.5, 0.6) is 5.75 Å². The normalized spacial score (nSPS) is 10.6. The van der Waals surface area contributed by atoms with Crippen LogP contribution < -0.4 is 10.1 Å². The molecule has 1 aromatic heterocycles. The fourth-order valence-corrected chi connectivity index (χ4v) is 3.35. The molecule has 0 aliphatic heterocycles. The van der Waals surface area contributed by atoms with Crippen LogP contribution in [-0.2, 0) is 6.61 Å². The number of benzene rings is 2. The van der Waals surface area contributed by atoms with Crippen molar-refractivity contribution in [1.29, 1.82) is 0 Å². The van der Waals surface area contributed by atoms with E-state index in [4.69, 9.17) is 16.3 Å². The van der Waals surface area contributed by atoms with Gasteiger partial charge in [-0.2, -0.15) is 0 Å². The maximum absolute atomic E-state index is 12.9. The maximum atomic E-state index is 12.9. The molecule has 7 heteroatoms. The number of carbonyl (C=O) groups is 1. The van der Waals surface area contributed by atoms with Gasteiger partial charge in [0.05, 0.1) is 5.69 Å². The third-order valence-electron chi connectivity index (χ3n) is 3.67. The molecule has 26 heavy (non-hydrogen) atoms. The molecule has 2 aromatic carbocycles. The predicted molar refractivity (Wildman–Crippen MR) is 102 cm³/mol. The van der Waals surface area contributed by atoms with Crippen LogP contribution in [0.4, 0.5) is 10.1 Å².